The Kier molecular flexibility index (Phi) is 6.15. The summed E-state index contributed by atoms with van der Waals surface area (Å²) in [6, 6.07) is 5.00. The molecule has 0 spiro atoms. The monoisotopic (exact) mass is 309 g/mol. The average molecular weight is 309 g/mol. The number of ether oxygens (including phenoxy) is 1. The number of nitro benzene ring substituents is 1. The van der Waals surface area contributed by atoms with Gasteiger partial charge in [-0.15, -0.1) is 0 Å². The molecule has 0 bridgehead atoms. The first kappa shape index (κ1) is 16.7. The summed E-state index contributed by atoms with van der Waals surface area (Å²) in [5.41, 5.74) is 1.03. The summed E-state index contributed by atoms with van der Waals surface area (Å²) in [5.74, 6) is 0.389. The van der Waals surface area contributed by atoms with Crippen molar-refractivity contribution in [2.45, 2.75) is 19.8 Å². The zero-order valence-corrected chi connectivity index (χ0v) is 13.6. The molecule has 0 aromatic heterocycles. The van der Waals surface area contributed by atoms with E-state index in [1.54, 1.807) is 21.9 Å². The van der Waals surface area contributed by atoms with Gasteiger partial charge in [-0.1, -0.05) is 6.07 Å². The van der Waals surface area contributed by atoms with E-state index in [0.29, 0.717) is 12.4 Å². The molecule has 0 aliphatic carbocycles. The van der Waals surface area contributed by atoms with Gasteiger partial charge in [-0.3, -0.25) is 10.1 Å². The van der Waals surface area contributed by atoms with Crippen molar-refractivity contribution in [1.29, 1.82) is 0 Å². The molecule has 0 radical (unpaired) electrons. The van der Waals surface area contributed by atoms with E-state index in [4.69, 9.17) is 4.74 Å². The molecule has 0 amide bonds. The second kappa shape index (κ2) is 8.10. The Hall–Kier alpha value is -1.66. The van der Waals surface area contributed by atoms with Crippen LogP contribution in [0.15, 0.2) is 18.2 Å². The van der Waals surface area contributed by atoms with Gasteiger partial charge in [0.15, 0.2) is 5.75 Å². The van der Waals surface area contributed by atoms with E-state index in [0.717, 1.165) is 18.4 Å². The van der Waals surface area contributed by atoms with Crippen LogP contribution in [0.25, 0.3) is 0 Å². The molecule has 6 nitrogen and oxygen atoms in total. The third-order valence-corrected chi connectivity index (χ3v) is 4.30. The number of benzene rings is 1. The van der Waals surface area contributed by atoms with E-state index in [1.807, 2.05) is 6.92 Å². The summed E-state index contributed by atoms with van der Waals surface area (Å²) < 4.78 is 5.63. The third-order valence-electron chi connectivity index (χ3n) is 4.30. The normalized spacial score (nSPS) is 21.5. The van der Waals surface area contributed by atoms with E-state index in [1.165, 1.54) is 38.8 Å². The van der Waals surface area contributed by atoms with Gasteiger partial charge in [0.2, 0.25) is 0 Å². The van der Waals surface area contributed by atoms with E-state index in [9.17, 15) is 10.1 Å². The van der Waals surface area contributed by atoms with Crippen LogP contribution < -0.4 is 14.5 Å². The van der Waals surface area contributed by atoms with Crippen molar-refractivity contribution in [1.82, 2.24) is 0 Å². The molecular formula is C16H27N3O3+2. The SMILES string of the molecule is Cc1ccc([N+](=O)[O-])c(OCCCC[NH+]2CC[NH+](C)CC2)c1. The largest absolute Gasteiger partial charge is 0.487 e. The number of unbranched alkanes of at least 4 members (excludes halogenated alkanes) is 1. The van der Waals surface area contributed by atoms with Gasteiger partial charge in [0.25, 0.3) is 0 Å². The minimum atomic E-state index is -0.383. The molecule has 1 aromatic carbocycles. The minimum Gasteiger partial charge on any atom is -0.487 e. The first-order valence-corrected chi connectivity index (χ1v) is 8.09. The molecule has 22 heavy (non-hydrogen) atoms. The fraction of sp³-hybridized carbons (Fsp3) is 0.625. The Balaban J connectivity index is 1.70. The second-order valence-electron chi connectivity index (χ2n) is 6.24. The molecule has 1 heterocycles. The maximum atomic E-state index is 11.0. The fourth-order valence-electron chi connectivity index (χ4n) is 2.83. The van der Waals surface area contributed by atoms with Crippen LogP contribution >= 0.6 is 0 Å². The highest BCUT2D eigenvalue weighted by Gasteiger charge is 2.19. The molecule has 1 aliphatic rings. The van der Waals surface area contributed by atoms with Gasteiger partial charge in [-0.05, 0) is 31.4 Å². The number of rotatable bonds is 7. The van der Waals surface area contributed by atoms with E-state index >= 15 is 0 Å². The van der Waals surface area contributed by atoms with Crippen molar-refractivity contribution < 1.29 is 19.5 Å². The standard InChI is InChI=1S/C16H25N3O3/c1-14-5-6-15(19(20)21)16(13-14)22-12-4-3-7-18-10-8-17(2)9-11-18/h5-6,13H,3-4,7-12H2,1-2H3/p+2. The fourth-order valence-corrected chi connectivity index (χ4v) is 2.83. The van der Waals surface area contributed by atoms with Crippen LogP contribution in [0.1, 0.15) is 18.4 Å². The number of nitrogens with zero attached hydrogens (tertiary/aromatic N) is 1. The summed E-state index contributed by atoms with van der Waals surface area (Å²) in [7, 11) is 2.25. The highest BCUT2D eigenvalue weighted by atomic mass is 16.6. The van der Waals surface area contributed by atoms with Gasteiger partial charge in [-0.2, -0.15) is 0 Å². The summed E-state index contributed by atoms with van der Waals surface area (Å²) in [6.45, 7) is 8.62. The minimum absolute atomic E-state index is 0.0540. The van der Waals surface area contributed by atoms with Crippen molar-refractivity contribution in [3.63, 3.8) is 0 Å². The van der Waals surface area contributed by atoms with Gasteiger partial charge >= 0.3 is 5.69 Å². The number of hydrogen-bond acceptors (Lipinski definition) is 3. The number of piperazine rings is 1. The Morgan fingerprint density at radius 3 is 2.64 bits per heavy atom. The van der Waals surface area contributed by atoms with Crippen LogP contribution in [0, 0.1) is 17.0 Å². The number of nitro groups is 1. The Labute approximate surface area is 131 Å². The summed E-state index contributed by atoms with van der Waals surface area (Å²) in [5, 5.41) is 11.0. The van der Waals surface area contributed by atoms with Crippen LogP contribution in [0.4, 0.5) is 5.69 Å². The predicted molar refractivity (Wildman–Crippen MR) is 84.7 cm³/mol. The molecule has 6 heteroatoms. The first-order chi connectivity index (χ1) is 10.6. The van der Waals surface area contributed by atoms with Crippen molar-refractivity contribution in [2.24, 2.45) is 0 Å². The topological polar surface area (TPSA) is 61.2 Å². The smallest absolute Gasteiger partial charge is 0.310 e. The Morgan fingerprint density at radius 2 is 1.95 bits per heavy atom. The Bertz CT molecular complexity index is 499. The number of quaternary nitrogens is 2. The molecule has 1 fully saturated rings. The van der Waals surface area contributed by atoms with Crippen molar-refractivity contribution >= 4 is 5.69 Å². The highest BCUT2D eigenvalue weighted by molar-refractivity contribution is 5.48. The summed E-state index contributed by atoms with van der Waals surface area (Å²) in [6.07, 6.45) is 2.05. The third kappa shape index (κ3) is 4.96. The van der Waals surface area contributed by atoms with Crippen LogP contribution in [-0.2, 0) is 0 Å². The summed E-state index contributed by atoms with van der Waals surface area (Å²) >= 11 is 0. The molecule has 2 N–H and O–H groups in total. The lowest BCUT2D eigenvalue weighted by molar-refractivity contribution is -1.00. The van der Waals surface area contributed by atoms with Crippen LogP contribution in [-0.4, -0.2) is 51.3 Å². The number of likely N-dealkylation sites (N-methyl/N-ethyl adjacent to an activating group) is 1. The van der Waals surface area contributed by atoms with E-state index in [-0.39, 0.29) is 10.6 Å². The van der Waals surface area contributed by atoms with Crippen LogP contribution in [0.3, 0.4) is 0 Å². The zero-order chi connectivity index (χ0) is 15.9. The van der Waals surface area contributed by atoms with E-state index < -0.39 is 0 Å². The molecule has 0 saturated carbocycles. The maximum absolute atomic E-state index is 11.0. The molecule has 1 saturated heterocycles. The van der Waals surface area contributed by atoms with Gasteiger partial charge in [0.1, 0.15) is 26.2 Å². The van der Waals surface area contributed by atoms with Gasteiger partial charge in [-0.25, -0.2) is 0 Å². The maximum Gasteiger partial charge on any atom is 0.310 e. The lowest BCUT2D eigenvalue weighted by atomic mass is 10.2. The van der Waals surface area contributed by atoms with Crippen molar-refractivity contribution in [3.8, 4) is 5.75 Å². The lowest BCUT2D eigenvalue weighted by Gasteiger charge is -2.27. The van der Waals surface area contributed by atoms with E-state index in [2.05, 4.69) is 7.05 Å². The van der Waals surface area contributed by atoms with Gasteiger partial charge < -0.3 is 14.5 Å². The first-order valence-electron chi connectivity index (χ1n) is 8.09. The van der Waals surface area contributed by atoms with Crippen molar-refractivity contribution in [3.05, 3.63) is 33.9 Å². The number of hydrogen-bond donors (Lipinski definition) is 2. The van der Waals surface area contributed by atoms with Gasteiger partial charge in [0.05, 0.1) is 25.1 Å². The molecule has 2 rings (SSSR count). The molecule has 0 atom stereocenters. The molecule has 122 valence electrons. The molecule has 0 unspecified atom stereocenters. The zero-order valence-electron chi connectivity index (χ0n) is 13.6. The van der Waals surface area contributed by atoms with Crippen LogP contribution in [0.5, 0.6) is 5.75 Å². The lowest BCUT2D eigenvalue weighted by Crippen LogP contribution is -3.27. The second-order valence-corrected chi connectivity index (χ2v) is 6.24. The number of aryl methyl sites for hydroxylation is 1. The van der Waals surface area contributed by atoms with Gasteiger partial charge in [0, 0.05) is 6.07 Å². The predicted octanol–water partition coefficient (Wildman–Crippen LogP) is -0.525. The Morgan fingerprint density at radius 1 is 1.23 bits per heavy atom. The highest BCUT2D eigenvalue weighted by Crippen LogP contribution is 2.27. The quantitative estimate of drug-likeness (QED) is 0.405. The van der Waals surface area contributed by atoms with Crippen molar-refractivity contribution in [2.75, 3.05) is 46.4 Å². The average Bonchev–Trinajstić information content (AvgIpc) is 2.48. The molecule has 1 aliphatic heterocycles. The molecule has 1 aromatic rings. The summed E-state index contributed by atoms with van der Waals surface area (Å²) in [4.78, 5) is 13.9. The van der Waals surface area contributed by atoms with Crippen LogP contribution in [0.2, 0.25) is 0 Å². The number of nitrogens with one attached hydrogen (secondary N) is 2. The molecular weight excluding hydrogens is 282 g/mol.